The van der Waals surface area contributed by atoms with Crippen LogP contribution in [0, 0.1) is 6.92 Å². The van der Waals surface area contributed by atoms with Gasteiger partial charge in [0.2, 0.25) is 0 Å². The predicted molar refractivity (Wildman–Crippen MR) is 94.8 cm³/mol. The van der Waals surface area contributed by atoms with Crippen LogP contribution < -0.4 is 11.1 Å². The third kappa shape index (κ3) is 4.87. The quantitative estimate of drug-likeness (QED) is 0.796. The van der Waals surface area contributed by atoms with Gasteiger partial charge in [-0.3, -0.25) is 0 Å². The van der Waals surface area contributed by atoms with Gasteiger partial charge in [0, 0.05) is 22.7 Å². The zero-order valence-electron chi connectivity index (χ0n) is 12.6. The Morgan fingerprint density at radius 2 is 1.86 bits per heavy atom. The molecule has 2 aromatic rings. The molecule has 2 nitrogen and oxygen atoms in total. The minimum absolute atomic E-state index is 0.272. The third-order valence-corrected chi connectivity index (χ3v) is 4.16. The average molecular weight is 347 g/mol. The van der Waals surface area contributed by atoms with E-state index in [0.29, 0.717) is 12.5 Å². The Morgan fingerprint density at radius 1 is 1.14 bits per heavy atom. The van der Waals surface area contributed by atoms with Crippen LogP contribution in [0.5, 0.6) is 0 Å². The molecule has 0 spiro atoms. The van der Waals surface area contributed by atoms with E-state index >= 15 is 0 Å². The highest BCUT2D eigenvalue weighted by Crippen LogP contribution is 2.24. The van der Waals surface area contributed by atoms with Gasteiger partial charge in [0.25, 0.3) is 0 Å². The van der Waals surface area contributed by atoms with Crippen molar-refractivity contribution in [1.82, 2.24) is 0 Å². The van der Waals surface area contributed by atoms with Gasteiger partial charge in [0.15, 0.2) is 0 Å². The van der Waals surface area contributed by atoms with Crippen molar-refractivity contribution in [1.29, 1.82) is 0 Å². The number of halogens is 1. The molecule has 0 saturated heterocycles. The molecule has 0 radical (unpaired) electrons. The fourth-order valence-corrected chi connectivity index (χ4v) is 3.22. The van der Waals surface area contributed by atoms with E-state index in [1.165, 1.54) is 11.1 Å². The van der Waals surface area contributed by atoms with Crippen molar-refractivity contribution in [2.75, 3.05) is 11.9 Å². The second-order valence-electron chi connectivity index (χ2n) is 5.64. The van der Waals surface area contributed by atoms with Gasteiger partial charge < -0.3 is 11.1 Å². The van der Waals surface area contributed by atoms with Crippen LogP contribution in [0.2, 0.25) is 0 Å². The highest BCUT2D eigenvalue weighted by atomic mass is 79.9. The first-order valence-electron chi connectivity index (χ1n) is 7.37. The molecule has 0 fully saturated rings. The molecule has 2 unspecified atom stereocenters. The number of nitrogens with two attached hydrogens (primary N) is 1. The highest BCUT2D eigenvalue weighted by molar-refractivity contribution is 9.10. The lowest BCUT2D eigenvalue weighted by molar-refractivity contribution is 0.586. The number of benzene rings is 2. The van der Waals surface area contributed by atoms with Crippen LogP contribution in [-0.4, -0.2) is 12.6 Å². The molecule has 3 heteroatoms. The minimum Gasteiger partial charge on any atom is -0.381 e. The molecule has 0 heterocycles. The Kier molecular flexibility index (Phi) is 5.83. The minimum atomic E-state index is 0.272. The summed E-state index contributed by atoms with van der Waals surface area (Å²) in [5.74, 6) is 0.487. The molecule has 2 rings (SSSR count). The lowest BCUT2D eigenvalue weighted by atomic mass is 9.94. The van der Waals surface area contributed by atoms with E-state index in [4.69, 9.17) is 5.73 Å². The van der Waals surface area contributed by atoms with E-state index in [9.17, 15) is 0 Å². The van der Waals surface area contributed by atoms with Crippen LogP contribution in [0.1, 0.15) is 30.4 Å². The van der Waals surface area contributed by atoms with Crippen molar-refractivity contribution in [2.45, 2.75) is 32.2 Å². The van der Waals surface area contributed by atoms with Crippen molar-refractivity contribution in [3.63, 3.8) is 0 Å². The molecule has 0 bridgehead atoms. The molecule has 112 valence electrons. The van der Waals surface area contributed by atoms with E-state index in [1.807, 2.05) is 0 Å². The van der Waals surface area contributed by atoms with Gasteiger partial charge in [-0.25, -0.2) is 0 Å². The van der Waals surface area contributed by atoms with E-state index in [-0.39, 0.29) is 6.04 Å². The first kappa shape index (κ1) is 16.1. The molecule has 0 aliphatic heterocycles. The molecule has 0 amide bonds. The molecule has 2 atom stereocenters. The van der Waals surface area contributed by atoms with Crippen molar-refractivity contribution in [3.8, 4) is 0 Å². The van der Waals surface area contributed by atoms with Crippen molar-refractivity contribution in [3.05, 3.63) is 64.1 Å². The van der Waals surface area contributed by atoms with E-state index in [2.05, 4.69) is 83.6 Å². The molecule has 0 saturated carbocycles. The normalized spacial score (nSPS) is 13.7. The monoisotopic (exact) mass is 346 g/mol. The van der Waals surface area contributed by atoms with Crippen LogP contribution >= 0.6 is 15.9 Å². The largest absolute Gasteiger partial charge is 0.381 e. The zero-order valence-corrected chi connectivity index (χ0v) is 14.2. The molecule has 21 heavy (non-hydrogen) atoms. The van der Waals surface area contributed by atoms with Gasteiger partial charge >= 0.3 is 0 Å². The first-order valence-corrected chi connectivity index (χ1v) is 8.16. The fraction of sp³-hybridized carbons (Fsp3) is 0.333. The van der Waals surface area contributed by atoms with Gasteiger partial charge in [0.1, 0.15) is 0 Å². The summed E-state index contributed by atoms with van der Waals surface area (Å²) in [5.41, 5.74) is 9.67. The summed E-state index contributed by atoms with van der Waals surface area (Å²) in [6.07, 6.45) is 1.02. The van der Waals surface area contributed by atoms with Crippen molar-refractivity contribution < 1.29 is 0 Å². The summed E-state index contributed by atoms with van der Waals surface area (Å²) in [5, 5.41) is 3.56. The highest BCUT2D eigenvalue weighted by Gasteiger charge is 2.13. The smallest absolute Gasteiger partial charge is 0.0389 e. The van der Waals surface area contributed by atoms with Crippen LogP contribution in [0.4, 0.5) is 5.69 Å². The number of rotatable bonds is 6. The number of aryl methyl sites for hydroxylation is 1. The summed E-state index contributed by atoms with van der Waals surface area (Å²) in [6.45, 7) is 4.98. The molecule has 0 aromatic heterocycles. The lowest BCUT2D eigenvalue weighted by Gasteiger charge is -2.22. The molecule has 2 aromatic carbocycles. The summed E-state index contributed by atoms with van der Waals surface area (Å²) < 4.78 is 1.09. The van der Waals surface area contributed by atoms with Gasteiger partial charge in [-0.2, -0.15) is 0 Å². The number of hydrogen-bond donors (Lipinski definition) is 2. The molecule has 3 N–H and O–H groups in total. The first-order chi connectivity index (χ1) is 10.1. The lowest BCUT2D eigenvalue weighted by Crippen LogP contribution is -2.30. The van der Waals surface area contributed by atoms with Gasteiger partial charge in [-0.15, -0.1) is 0 Å². The maximum absolute atomic E-state index is 5.95. The average Bonchev–Trinajstić information content (AvgIpc) is 2.46. The van der Waals surface area contributed by atoms with Crippen LogP contribution in [0.25, 0.3) is 0 Å². The third-order valence-electron chi connectivity index (χ3n) is 3.70. The Labute approximate surface area is 135 Å². The molecule has 0 aliphatic carbocycles. The van der Waals surface area contributed by atoms with Crippen LogP contribution in [-0.2, 0) is 0 Å². The Bertz CT molecular complexity index is 548. The van der Waals surface area contributed by atoms with E-state index in [0.717, 1.165) is 16.6 Å². The summed E-state index contributed by atoms with van der Waals surface area (Å²) >= 11 is 3.54. The Morgan fingerprint density at radius 3 is 2.48 bits per heavy atom. The zero-order chi connectivity index (χ0) is 15.2. The van der Waals surface area contributed by atoms with Gasteiger partial charge in [-0.05, 0) is 48.6 Å². The van der Waals surface area contributed by atoms with Gasteiger partial charge in [-0.1, -0.05) is 53.2 Å². The maximum Gasteiger partial charge on any atom is 0.0389 e. The second kappa shape index (κ2) is 7.62. The topological polar surface area (TPSA) is 38.0 Å². The standard InChI is InChI=1S/C18H23BrN2/c1-13-8-16(19)11-17(9-13)21-18(12-20)10-14(2)15-6-4-3-5-7-15/h3-9,11,14,18,21H,10,12,20H2,1-2H3. The van der Waals surface area contributed by atoms with E-state index < -0.39 is 0 Å². The predicted octanol–water partition coefficient (Wildman–Crippen LogP) is 4.69. The summed E-state index contributed by atoms with van der Waals surface area (Å²) in [6, 6.07) is 17.2. The molecular weight excluding hydrogens is 324 g/mol. The summed E-state index contributed by atoms with van der Waals surface area (Å²) in [7, 11) is 0. The fourth-order valence-electron chi connectivity index (χ4n) is 2.61. The van der Waals surface area contributed by atoms with E-state index in [1.54, 1.807) is 0 Å². The molecular formula is C18H23BrN2. The molecule has 0 aliphatic rings. The Balaban J connectivity index is 2.03. The van der Waals surface area contributed by atoms with Crippen LogP contribution in [0.3, 0.4) is 0 Å². The van der Waals surface area contributed by atoms with Gasteiger partial charge in [0.05, 0.1) is 0 Å². The summed E-state index contributed by atoms with van der Waals surface area (Å²) in [4.78, 5) is 0. The van der Waals surface area contributed by atoms with Crippen LogP contribution in [0.15, 0.2) is 53.0 Å². The Hall–Kier alpha value is -1.32. The second-order valence-corrected chi connectivity index (χ2v) is 6.56. The van der Waals surface area contributed by atoms with Crippen molar-refractivity contribution in [2.24, 2.45) is 5.73 Å². The maximum atomic E-state index is 5.95. The number of hydrogen-bond acceptors (Lipinski definition) is 2. The number of nitrogens with one attached hydrogen (secondary N) is 1. The van der Waals surface area contributed by atoms with Crippen molar-refractivity contribution >= 4 is 21.6 Å². The SMILES string of the molecule is Cc1cc(Br)cc(NC(CN)CC(C)c2ccccc2)c1. The number of anilines is 1.